The van der Waals surface area contributed by atoms with Crippen molar-refractivity contribution >= 4 is 41.5 Å². The van der Waals surface area contributed by atoms with Gasteiger partial charge in [-0.15, -0.1) is 24.0 Å². The summed E-state index contributed by atoms with van der Waals surface area (Å²) in [5, 5.41) is 7.42. The fourth-order valence-corrected chi connectivity index (χ4v) is 2.81. The second-order valence-corrected chi connectivity index (χ2v) is 6.33. The minimum Gasteiger partial charge on any atom is -0.381 e. The van der Waals surface area contributed by atoms with E-state index in [9.17, 15) is 0 Å². The normalized spacial score (nSPS) is 17.2. The number of guanidine groups is 1. The van der Waals surface area contributed by atoms with Crippen LogP contribution in [0.15, 0.2) is 29.3 Å². The molecule has 1 heterocycles. The first-order valence-electron chi connectivity index (χ1n) is 8.63. The van der Waals surface area contributed by atoms with Gasteiger partial charge in [-0.1, -0.05) is 29.8 Å². The minimum atomic E-state index is 0. The fraction of sp³-hybridized carbons (Fsp3) is 0.611. The lowest BCUT2D eigenvalue weighted by Gasteiger charge is -2.13. The van der Waals surface area contributed by atoms with Gasteiger partial charge >= 0.3 is 0 Å². The van der Waals surface area contributed by atoms with Crippen molar-refractivity contribution in [3.63, 3.8) is 0 Å². The first kappa shape index (κ1) is 22.5. The number of hydrogen-bond donors (Lipinski definition) is 2. The third-order valence-corrected chi connectivity index (χ3v) is 4.37. The van der Waals surface area contributed by atoms with Gasteiger partial charge in [-0.05, 0) is 30.9 Å². The van der Waals surface area contributed by atoms with Crippen LogP contribution in [0.25, 0.3) is 0 Å². The number of ether oxygens (including phenoxy) is 2. The van der Waals surface area contributed by atoms with Gasteiger partial charge in [-0.2, -0.15) is 0 Å². The summed E-state index contributed by atoms with van der Waals surface area (Å²) in [6.45, 7) is 4.94. The highest BCUT2D eigenvalue weighted by atomic mass is 127. The Kier molecular flexibility index (Phi) is 12.2. The molecule has 0 bridgehead atoms. The van der Waals surface area contributed by atoms with Gasteiger partial charge in [0.2, 0.25) is 0 Å². The van der Waals surface area contributed by atoms with Crippen LogP contribution in [0.5, 0.6) is 0 Å². The van der Waals surface area contributed by atoms with Crippen molar-refractivity contribution in [3.05, 3.63) is 34.9 Å². The zero-order chi connectivity index (χ0) is 17.0. The second kappa shape index (κ2) is 13.6. The van der Waals surface area contributed by atoms with Crippen molar-refractivity contribution < 1.29 is 9.47 Å². The summed E-state index contributed by atoms with van der Waals surface area (Å²) in [6, 6.07) is 7.92. The van der Waals surface area contributed by atoms with Crippen LogP contribution in [0.4, 0.5) is 0 Å². The number of aliphatic imine (C=N–C) groups is 1. The Morgan fingerprint density at radius 1 is 1.32 bits per heavy atom. The van der Waals surface area contributed by atoms with Crippen molar-refractivity contribution in [3.8, 4) is 0 Å². The molecule has 0 aromatic heterocycles. The summed E-state index contributed by atoms with van der Waals surface area (Å²) >= 11 is 6.16. The van der Waals surface area contributed by atoms with Crippen LogP contribution in [0, 0.1) is 5.92 Å². The molecule has 1 unspecified atom stereocenters. The lowest BCUT2D eigenvalue weighted by atomic mass is 10.1. The van der Waals surface area contributed by atoms with Crippen molar-refractivity contribution in [2.75, 3.05) is 46.6 Å². The first-order valence-corrected chi connectivity index (χ1v) is 9.01. The Balaban J connectivity index is 0.00000312. The molecule has 142 valence electrons. The lowest BCUT2D eigenvalue weighted by Crippen LogP contribution is -2.39. The average Bonchev–Trinajstić information content (AvgIpc) is 3.11. The summed E-state index contributed by atoms with van der Waals surface area (Å²) in [7, 11) is 1.78. The van der Waals surface area contributed by atoms with Crippen LogP contribution >= 0.6 is 35.6 Å². The maximum absolute atomic E-state index is 6.16. The second-order valence-electron chi connectivity index (χ2n) is 5.93. The van der Waals surface area contributed by atoms with Crippen molar-refractivity contribution in [2.45, 2.75) is 19.3 Å². The predicted octanol–water partition coefficient (Wildman–Crippen LogP) is 3.11. The Labute approximate surface area is 172 Å². The first-order chi connectivity index (χ1) is 11.8. The van der Waals surface area contributed by atoms with Gasteiger partial charge in [0.05, 0.1) is 13.2 Å². The molecule has 1 aromatic rings. The number of rotatable bonds is 9. The van der Waals surface area contributed by atoms with Crippen LogP contribution in [-0.4, -0.2) is 52.5 Å². The fourth-order valence-electron chi connectivity index (χ4n) is 2.58. The van der Waals surface area contributed by atoms with E-state index in [4.69, 9.17) is 21.1 Å². The molecule has 1 aliphatic rings. The van der Waals surface area contributed by atoms with Crippen LogP contribution < -0.4 is 10.6 Å². The highest BCUT2D eigenvalue weighted by molar-refractivity contribution is 14.0. The maximum atomic E-state index is 6.16. The molecule has 5 nitrogen and oxygen atoms in total. The molecule has 0 amide bonds. The van der Waals surface area contributed by atoms with Crippen molar-refractivity contribution in [1.29, 1.82) is 0 Å². The van der Waals surface area contributed by atoms with Gasteiger partial charge in [0.15, 0.2) is 5.96 Å². The van der Waals surface area contributed by atoms with E-state index < -0.39 is 0 Å². The molecule has 1 aromatic carbocycles. The molecule has 7 heteroatoms. The van der Waals surface area contributed by atoms with E-state index in [1.165, 1.54) is 0 Å². The molecule has 2 N–H and O–H groups in total. The molecule has 1 fully saturated rings. The van der Waals surface area contributed by atoms with Gasteiger partial charge < -0.3 is 20.1 Å². The predicted molar refractivity (Wildman–Crippen MR) is 114 cm³/mol. The molecule has 1 aliphatic heterocycles. The van der Waals surface area contributed by atoms with Crippen LogP contribution in [0.3, 0.4) is 0 Å². The standard InChI is InChI=1S/C18H28ClN3O2.HI/c1-20-18(22-10-7-16-5-2-3-6-17(16)19)21-9-4-11-23-13-15-8-12-24-14-15;/h2-3,5-6,15H,4,7-14H2,1H3,(H2,20,21,22);1H. The van der Waals surface area contributed by atoms with E-state index in [2.05, 4.69) is 15.6 Å². The van der Waals surface area contributed by atoms with Crippen molar-refractivity contribution in [1.82, 2.24) is 10.6 Å². The molecular weight excluding hydrogens is 453 g/mol. The third kappa shape index (κ3) is 9.08. The number of halogens is 2. The quantitative estimate of drug-likeness (QED) is 0.246. The molecule has 25 heavy (non-hydrogen) atoms. The molecule has 0 aliphatic carbocycles. The molecule has 1 saturated heterocycles. The van der Waals surface area contributed by atoms with E-state index in [1.807, 2.05) is 24.3 Å². The van der Waals surface area contributed by atoms with Gasteiger partial charge in [-0.25, -0.2) is 0 Å². The summed E-state index contributed by atoms with van der Waals surface area (Å²) < 4.78 is 11.0. The summed E-state index contributed by atoms with van der Waals surface area (Å²) in [5.74, 6) is 1.39. The molecule has 0 radical (unpaired) electrons. The highest BCUT2D eigenvalue weighted by Crippen LogP contribution is 2.14. The number of nitrogens with one attached hydrogen (secondary N) is 2. The van der Waals surface area contributed by atoms with Gasteiger partial charge in [0.25, 0.3) is 0 Å². The molecule has 2 rings (SSSR count). The summed E-state index contributed by atoms with van der Waals surface area (Å²) in [5.41, 5.74) is 1.14. The topological polar surface area (TPSA) is 54.9 Å². The SMILES string of the molecule is CN=C(NCCCOCC1CCOC1)NCCc1ccccc1Cl.I. The molecule has 1 atom stereocenters. The molecular formula is C18H29ClIN3O2. The third-order valence-electron chi connectivity index (χ3n) is 4.00. The van der Waals surface area contributed by atoms with E-state index in [-0.39, 0.29) is 24.0 Å². The summed E-state index contributed by atoms with van der Waals surface area (Å²) in [4.78, 5) is 4.23. The Hall–Kier alpha value is -0.570. The maximum Gasteiger partial charge on any atom is 0.190 e. The monoisotopic (exact) mass is 481 g/mol. The summed E-state index contributed by atoms with van der Waals surface area (Å²) in [6.07, 6.45) is 2.95. The largest absolute Gasteiger partial charge is 0.381 e. The Morgan fingerprint density at radius 2 is 2.12 bits per heavy atom. The van der Waals surface area contributed by atoms with Crippen molar-refractivity contribution in [2.24, 2.45) is 10.9 Å². The van der Waals surface area contributed by atoms with E-state index in [1.54, 1.807) is 7.05 Å². The van der Waals surface area contributed by atoms with E-state index >= 15 is 0 Å². The van der Waals surface area contributed by atoms with E-state index in [0.29, 0.717) is 5.92 Å². The number of nitrogens with zero attached hydrogens (tertiary/aromatic N) is 1. The number of benzene rings is 1. The van der Waals surface area contributed by atoms with Crippen LogP contribution in [0.2, 0.25) is 5.02 Å². The van der Waals surface area contributed by atoms with Gasteiger partial charge in [-0.3, -0.25) is 4.99 Å². The minimum absolute atomic E-state index is 0. The van der Waals surface area contributed by atoms with Gasteiger partial charge in [0, 0.05) is 44.3 Å². The highest BCUT2D eigenvalue weighted by Gasteiger charge is 2.15. The van der Waals surface area contributed by atoms with Crippen LogP contribution in [-0.2, 0) is 15.9 Å². The smallest absolute Gasteiger partial charge is 0.190 e. The van der Waals surface area contributed by atoms with Crippen LogP contribution in [0.1, 0.15) is 18.4 Å². The lowest BCUT2D eigenvalue weighted by molar-refractivity contribution is 0.0888. The zero-order valence-electron chi connectivity index (χ0n) is 14.8. The number of hydrogen-bond acceptors (Lipinski definition) is 3. The van der Waals surface area contributed by atoms with Gasteiger partial charge in [0.1, 0.15) is 0 Å². The van der Waals surface area contributed by atoms with E-state index in [0.717, 1.165) is 75.3 Å². The average molecular weight is 482 g/mol. The molecule has 0 spiro atoms. The Morgan fingerprint density at radius 3 is 2.84 bits per heavy atom. The Bertz CT molecular complexity index is 511. The zero-order valence-corrected chi connectivity index (χ0v) is 17.9. The molecule has 0 saturated carbocycles.